The van der Waals surface area contributed by atoms with Gasteiger partial charge in [0.05, 0.1) is 6.26 Å². The van der Waals surface area contributed by atoms with Gasteiger partial charge in [0.15, 0.2) is 0 Å². The molecule has 6 nitrogen and oxygen atoms in total. The standard InChI is InChI=1S/C15H15N3O3S/c1-22(20,21)18-10-12-7-8-14(19)17-15(12)16-13(18)9-11-5-3-2-4-6-11/h2-8,10,13H,9H2,1H3,(H,16,17,19). The maximum atomic E-state index is 12.0. The predicted molar refractivity (Wildman–Crippen MR) is 82.9 cm³/mol. The van der Waals surface area contributed by atoms with E-state index in [4.69, 9.17) is 0 Å². The van der Waals surface area contributed by atoms with Crippen LogP contribution in [0.2, 0.25) is 0 Å². The topological polar surface area (TPSA) is 82.6 Å². The summed E-state index contributed by atoms with van der Waals surface area (Å²) in [6.45, 7) is 0. The van der Waals surface area contributed by atoms with Crippen molar-refractivity contribution in [3.63, 3.8) is 0 Å². The van der Waals surface area contributed by atoms with Gasteiger partial charge in [0.1, 0.15) is 11.7 Å². The van der Waals surface area contributed by atoms with E-state index in [0.29, 0.717) is 17.1 Å². The van der Waals surface area contributed by atoms with Gasteiger partial charge >= 0.3 is 0 Å². The molecule has 1 aromatic heterocycles. The molecule has 0 bridgehead atoms. The highest BCUT2D eigenvalue weighted by atomic mass is 32.2. The second-order valence-electron chi connectivity index (χ2n) is 5.15. The van der Waals surface area contributed by atoms with E-state index in [0.717, 1.165) is 11.8 Å². The summed E-state index contributed by atoms with van der Waals surface area (Å²) >= 11 is 0. The molecule has 1 unspecified atom stereocenters. The summed E-state index contributed by atoms with van der Waals surface area (Å²) in [7, 11) is -3.46. The summed E-state index contributed by atoms with van der Waals surface area (Å²) in [4.78, 5) is 18.5. The monoisotopic (exact) mass is 317 g/mol. The van der Waals surface area contributed by atoms with Crippen LogP contribution in [-0.2, 0) is 16.4 Å². The number of fused-ring (bicyclic) bond motifs is 1. The first-order valence-electron chi connectivity index (χ1n) is 6.75. The minimum Gasteiger partial charge on any atom is -0.307 e. The van der Waals surface area contributed by atoms with Gasteiger partial charge in [-0.05, 0) is 11.6 Å². The molecule has 0 aliphatic carbocycles. The lowest BCUT2D eigenvalue weighted by Crippen LogP contribution is -2.47. The zero-order chi connectivity index (χ0) is 15.7. The highest BCUT2D eigenvalue weighted by Gasteiger charge is 2.25. The molecule has 0 fully saturated rings. The van der Waals surface area contributed by atoms with Gasteiger partial charge in [0, 0.05) is 23.9 Å². The quantitative estimate of drug-likeness (QED) is 0.834. The molecule has 1 aliphatic rings. The van der Waals surface area contributed by atoms with Gasteiger partial charge in [0.25, 0.3) is 0 Å². The van der Waals surface area contributed by atoms with E-state index in [-0.39, 0.29) is 5.56 Å². The summed E-state index contributed by atoms with van der Waals surface area (Å²) in [5, 5.41) is 0.578. The first-order valence-corrected chi connectivity index (χ1v) is 8.60. The highest BCUT2D eigenvalue weighted by Crippen LogP contribution is 2.14. The number of hydrogen-bond acceptors (Lipinski definition) is 4. The van der Waals surface area contributed by atoms with Crippen LogP contribution in [0.4, 0.5) is 0 Å². The van der Waals surface area contributed by atoms with Crippen LogP contribution in [0.5, 0.6) is 0 Å². The Morgan fingerprint density at radius 2 is 1.91 bits per heavy atom. The predicted octanol–water partition coefficient (Wildman–Crippen LogP) is -0.423. The van der Waals surface area contributed by atoms with Crippen molar-refractivity contribution >= 4 is 16.2 Å². The number of pyridine rings is 1. The minimum atomic E-state index is -3.46. The molecule has 22 heavy (non-hydrogen) atoms. The van der Waals surface area contributed by atoms with Crippen molar-refractivity contribution in [1.29, 1.82) is 0 Å². The molecular formula is C15H15N3O3S. The third kappa shape index (κ3) is 2.94. The van der Waals surface area contributed by atoms with E-state index in [1.165, 1.54) is 16.6 Å². The lowest BCUT2D eigenvalue weighted by molar-refractivity contribution is 0.416. The van der Waals surface area contributed by atoms with E-state index in [9.17, 15) is 13.2 Å². The number of sulfonamides is 1. The average molecular weight is 317 g/mol. The molecule has 1 aromatic carbocycles. The summed E-state index contributed by atoms with van der Waals surface area (Å²) in [5.41, 5.74) is 1.12. The van der Waals surface area contributed by atoms with Gasteiger partial charge in [-0.15, -0.1) is 0 Å². The Bertz CT molecular complexity index is 965. The van der Waals surface area contributed by atoms with Crippen LogP contribution in [0.15, 0.2) is 52.3 Å². The Kier molecular flexibility index (Phi) is 3.58. The smallest absolute Gasteiger partial charge is 0.249 e. The van der Waals surface area contributed by atoms with E-state index in [1.807, 2.05) is 30.3 Å². The molecule has 2 heterocycles. The molecule has 7 heteroatoms. The maximum Gasteiger partial charge on any atom is 0.249 e. The van der Waals surface area contributed by atoms with Crippen molar-refractivity contribution in [2.24, 2.45) is 4.99 Å². The lowest BCUT2D eigenvalue weighted by Gasteiger charge is -2.27. The van der Waals surface area contributed by atoms with Crippen molar-refractivity contribution in [3.8, 4) is 0 Å². The van der Waals surface area contributed by atoms with E-state index < -0.39 is 16.2 Å². The van der Waals surface area contributed by atoms with Crippen LogP contribution in [0.3, 0.4) is 0 Å². The first kappa shape index (κ1) is 14.5. The minimum absolute atomic E-state index is 0.262. The Morgan fingerprint density at radius 1 is 1.18 bits per heavy atom. The molecule has 1 aliphatic heterocycles. The normalized spacial score (nSPS) is 17.3. The first-order chi connectivity index (χ1) is 10.4. The number of hydrogen-bond donors (Lipinski definition) is 1. The zero-order valence-electron chi connectivity index (χ0n) is 11.9. The van der Waals surface area contributed by atoms with Crippen LogP contribution in [0.25, 0.3) is 6.20 Å². The van der Waals surface area contributed by atoms with Gasteiger partial charge in [-0.1, -0.05) is 30.3 Å². The number of rotatable bonds is 3. The molecular weight excluding hydrogens is 302 g/mol. The van der Waals surface area contributed by atoms with Gasteiger partial charge in [-0.3, -0.25) is 9.10 Å². The average Bonchev–Trinajstić information content (AvgIpc) is 2.46. The number of H-pyrrole nitrogens is 1. The van der Waals surface area contributed by atoms with Crippen LogP contribution in [0.1, 0.15) is 5.56 Å². The SMILES string of the molecule is CS(=O)(=O)N1C=c2ccc(=O)[nH]c2=NC1Cc1ccccc1. The number of benzene rings is 1. The third-order valence-electron chi connectivity index (χ3n) is 3.41. The molecule has 1 atom stereocenters. The number of nitrogens with one attached hydrogen (secondary N) is 1. The third-order valence-corrected chi connectivity index (χ3v) is 4.53. The molecule has 114 valence electrons. The fourth-order valence-corrected chi connectivity index (χ4v) is 3.26. The molecule has 0 saturated heterocycles. The van der Waals surface area contributed by atoms with Gasteiger partial charge in [0.2, 0.25) is 15.6 Å². The van der Waals surface area contributed by atoms with Gasteiger partial charge in [-0.2, -0.15) is 0 Å². The van der Waals surface area contributed by atoms with Crippen LogP contribution in [0, 0.1) is 0 Å². The van der Waals surface area contributed by atoms with Crippen LogP contribution < -0.4 is 16.3 Å². The molecule has 1 N–H and O–H groups in total. The Morgan fingerprint density at radius 3 is 2.59 bits per heavy atom. The zero-order valence-corrected chi connectivity index (χ0v) is 12.7. The second kappa shape index (κ2) is 5.42. The van der Waals surface area contributed by atoms with Crippen molar-refractivity contribution in [3.05, 3.63) is 69.1 Å². The van der Waals surface area contributed by atoms with Gasteiger partial charge in [-0.25, -0.2) is 13.4 Å². The van der Waals surface area contributed by atoms with Crippen molar-refractivity contribution in [2.75, 3.05) is 6.26 Å². The number of nitrogens with zero attached hydrogens (tertiary/aromatic N) is 2. The fourth-order valence-electron chi connectivity index (χ4n) is 2.39. The second-order valence-corrected chi connectivity index (χ2v) is 7.04. The molecule has 0 saturated carbocycles. The highest BCUT2D eigenvalue weighted by molar-refractivity contribution is 7.88. The lowest BCUT2D eigenvalue weighted by atomic mass is 10.1. The fraction of sp³-hybridized carbons (Fsp3) is 0.200. The summed E-state index contributed by atoms with van der Waals surface area (Å²) in [5.74, 6) is 0. The van der Waals surface area contributed by atoms with Crippen LogP contribution >= 0.6 is 0 Å². The van der Waals surface area contributed by atoms with Crippen molar-refractivity contribution < 1.29 is 8.42 Å². The molecule has 0 amide bonds. The maximum absolute atomic E-state index is 12.0. The Labute approximate surface area is 127 Å². The van der Waals surface area contributed by atoms with E-state index in [2.05, 4.69) is 9.98 Å². The van der Waals surface area contributed by atoms with Crippen molar-refractivity contribution in [2.45, 2.75) is 12.6 Å². The number of aromatic amines is 1. The Hall–Kier alpha value is -2.41. The molecule has 0 spiro atoms. The van der Waals surface area contributed by atoms with Crippen LogP contribution in [-0.4, -0.2) is 30.1 Å². The Balaban J connectivity index is 2.11. The number of aromatic nitrogens is 1. The largest absolute Gasteiger partial charge is 0.307 e. The van der Waals surface area contributed by atoms with Crippen molar-refractivity contribution in [1.82, 2.24) is 9.29 Å². The molecule has 0 radical (unpaired) electrons. The summed E-state index contributed by atoms with van der Waals surface area (Å²) in [6.07, 6.45) is 2.48. The van der Waals surface area contributed by atoms with Gasteiger partial charge < -0.3 is 4.98 Å². The molecule has 3 rings (SSSR count). The molecule has 2 aromatic rings. The summed E-state index contributed by atoms with van der Waals surface area (Å²) in [6, 6.07) is 12.4. The summed E-state index contributed by atoms with van der Waals surface area (Å²) < 4.78 is 25.3. The van der Waals surface area contributed by atoms with E-state index in [1.54, 1.807) is 6.07 Å². The van der Waals surface area contributed by atoms with E-state index >= 15 is 0 Å².